The summed E-state index contributed by atoms with van der Waals surface area (Å²) in [5.41, 5.74) is 3.14. The number of likely N-dealkylation sites (tertiary alicyclic amines) is 1. The highest BCUT2D eigenvalue weighted by Gasteiger charge is 2.24. The summed E-state index contributed by atoms with van der Waals surface area (Å²) in [4.78, 5) is 33.0. The Hall–Kier alpha value is -3.52. The lowest BCUT2D eigenvalue weighted by Gasteiger charge is -2.15. The van der Waals surface area contributed by atoms with Crippen molar-refractivity contribution >= 4 is 34.2 Å². The van der Waals surface area contributed by atoms with Crippen LogP contribution in [0.25, 0.3) is 27.3 Å². The molecule has 1 fully saturated rings. The number of para-hydroxylation sites is 1. The predicted octanol–water partition coefficient (Wildman–Crippen LogP) is 4.24. The van der Waals surface area contributed by atoms with Crippen LogP contribution in [0.15, 0.2) is 53.9 Å². The molecule has 0 radical (unpaired) electrons. The number of esters is 1. The predicted molar refractivity (Wildman–Crippen MR) is 123 cm³/mol. The van der Waals surface area contributed by atoms with Crippen molar-refractivity contribution in [2.45, 2.75) is 19.8 Å². The molecule has 1 saturated heterocycles. The van der Waals surface area contributed by atoms with E-state index < -0.39 is 5.97 Å². The lowest BCUT2D eigenvalue weighted by atomic mass is 10.1. The molecule has 3 aromatic heterocycles. The molecule has 0 atom stereocenters. The van der Waals surface area contributed by atoms with Gasteiger partial charge in [-0.05, 0) is 49.4 Å². The molecule has 4 heterocycles. The standard InChI is InChI=1S/C24H22N4O3S/c1-16-22-18(24(30)31-15-21(29)27-11-5-6-12-27)14-19(20-10-7-13-32-20)25-23(22)28(26-16)17-8-3-2-4-9-17/h2-4,7-10,13-14H,5-6,11-12,15H2,1H3. The van der Waals surface area contributed by atoms with Gasteiger partial charge in [0.15, 0.2) is 12.3 Å². The molecule has 32 heavy (non-hydrogen) atoms. The smallest absolute Gasteiger partial charge is 0.339 e. The molecule has 1 aliphatic heterocycles. The molecule has 1 aliphatic rings. The van der Waals surface area contributed by atoms with Crippen molar-refractivity contribution in [3.05, 3.63) is 65.2 Å². The molecule has 162 valence electrons. The molecule has 1 amide bonds. The van der Waals surface area contributed by atoms with Gasteiger partial charge in [-0.2, -0.15) is 5.10 Å². The number of ether oxygens (including phenoxy) is 1. The fourth-order valence-corrected chi connectivity index (χ4v) is 4.70. The molecule has 8 heteroatoms. The topological polar surface area (TPSA) is 77.3 Å². The molecule has 7 nitrogen and oxygen atoms in total. The molecule has 0 saturated carbocycles. The Balaban J connectivity index is 1.57. The number of carbonyl (C=O) groups excluding carboxylic acids is 2. The Morgan fingerprint density at radius 2 is 1.88 bits per heavy atom. The maximum atomic E-state index is 13.1. The summed E-state index contributed by atoms with van der Waals surface area (Å²) in [5.74, 6) is -0.699. The van der Waals surface area contributed by atoms with E-state index >= 15 is 0 Å². The molecule has 4 aromatic rings. The molecule has 0 bridgehead atoms. The van der Waals surface area contributed by atoms with Crippen LogP contribution in [0, 0.1) is 6.92 Å². The van der Waals surface area contributed by atoms with Crippen molar-refractivity contribution in [2.75, 3.05) is 19.7 Å². The average molecular weight is 447 g/mol. The van der Waals surface area contributed by atoms with Crippen molar-refractivity contribution in [2.24, 2.45) is 0 Å². The maximum absolute atomic E-state index is 13.1. The van der Waals surface area contributed by atoms with E-state index in [1.54, 1.807) is 27.0 Å². The van der Waals surface area contributed by atoms with E-state index in [2.05, 4.69) is 5.10 Å². The van der Waals surface area contributed by atoms with E-state index in [9.17, 15) is 9.59 Å². The summed E-state index contributed by atoms with van der Waals surface area (Å²) in [6.45, 7) is 3.03. The van der Waals surface area contributed by atoms with Gasteiger partial charge in [0, 0.05) is 13.1 Å². The van der Waals surface area contributed by atoms with Gasteiger partial charge in [0.25, 0.3) is 5.91 Å². The molecule has 0 unspecified atom stereocenters. The molecular formula is C24H22N4O3S. The van der Waals surface area contributed by atoms with E-state index in [-0.39, 0.29) is 12.5 Å². The largest absolute Gasteiger partial charge is 0.452 e. The van der Waals surface area contributed by atoms with Crippen LogP contribution >= 0.6 is 11.3 Å². The van der Waals surface area contributed by atoms with Gasteiger partial charge in [-0.1, -0.05) is 24.3 Å². The van der Waals surface area contributed by atoms with Gasteiger partial charge in [-0.3, -0.25) is 4.79 Å². The number of fused-ring (bicyclic) bond motifs is 1. The number of carbonyl (C=O) groups is 2. The van der Waals surface area contributed by atoms with Gasteiger partial charge >= 0.3 is 5.97 Å². The Morgan fingerprint density at radius 3 is 2.59 bits per heavy atom. The van der Waals surface area contributed by atoms with Crippen LogP contribution in [0.4, 0.5) is 0 Å². The molecule has 5 rings (SSSR count). The maximum Gasteiger partial charge on any atom is 0.339 e. The second-order valence-electron chi connectivity index (χ2n) is 7.73. The second-order valence-corrected chi connectivity index (χ2v) is 8.68. The zero-order chi connectivity index (χ0) is 22.1. The summed E-state index contributed by atoms with van der Waals surface area (Å²) in [7, 11) is 0. The van der Waals surface area contributed by atoms with E-state index in [0.29, 0.717) is 28.0 Å². The summed E-state index contributed by atoms with van der Waals surface area (Å²) in [5, 5.41) is 7.26. The number of aryl methyl sites for hydroxylation is 1. The first kappa shape index (κ1) is 20.4. The lowest BCUT2D eigenvalue weighted by Crippen LogP contribution is -2.32. The normalized spacial score (nSPS) is 13.6. The van der Waals surface area contributed by atoms with E-state index in [1.165, 1.54) is 0 Å². The Morgan fingerprint density at radius 1 is 1.09 bits per heavy atom. The zero-order valence-corrected chi connectivity index (χ0v) is 18.5. The molecule has 1 aromatic carbocycles. The fourth-order valence-electron chi connectivity index (χ4n) is 4.01. The number of rotatable bonds is 5. The van der Waals surface area contributed by atoms with Gasteiger partial charge in [0.2, 0.25) is 0 Å². The summed E-state index contributed by atoms with van der Waals surface area (Å²) < 4.78 is 7.21. The first-order valence-corrected chi connectivity index (χ1v) is 11.4. The number of hydrogen-bond acceptors (Lipinski definition) is 6. The number of thiophene rings is 1. The number of benzene rings is 1. The van der Waals surface area contributed by atoms with Crippen LogP contribution in [0.5, 0.6) is 0 Å². The van der Waals surface area contributed by atoms with Gasteiger partial charge in [0.1, 0.15) is 0 Å². The molecule has 0 N–H and O–H groups in total. The first-order chi connectivity index (χ1) is 15.6. The van der Waals surface area contributed by atoms with Gasteiger partial charge in [-0.15, -0.1) is 11.3 Å². The minimum atomic E-state index is -0.543. The zero-order valence-electron chi connectivity index (χ0n) is 17.7. The highest BCUT2D eigenvalue weighted by Crippen LogP contribution is 2.31. The fraction of sp³-hybridized carbons (Fsp3) is 0.250. The quantitative estimate of drug-likeness (QED) is 0.429. The van der Waals surface area contributed by atoms with Crippen LogP contribution in [0.2, 0.25) is 0 Å². The molecule has 0 aliphatic carbocycles. The SMILES string of the molecule is Cc1nn(-c2ccccc2)c2nc(-c3cccs3)cc(C(=O)OCC(=O)N3CCCC3)c12. The third kappa shape index (κ3) is 3.78. The lowest BCUT2D eigenvalue weighted by molar-refractivity contribution is -0.133. The second kappa shape index (κ2) is 8.55. The van der Waals surface area contributed by atoms with Crippen molar-refractivity contribution in [3.8, 4) is 16.3 Å². The van der Waals surface area contributed by atoms with Crippen molar-refractivity contribution in [3.63, 3.8) is 0 Å². The van der Waals surface area contributed by atoms with Crippen molar-refractivity contribution in [1.29, 1.82) is 0 Å². The summed E-state index contributed by atoms with van der Waals surface area (Å²) in [6.07, 6.45) is 1.99. The first-order valence-electron chi connectivity index (χ1n) is 10.6. The Kier molecular flexibility index (Phi) is 5.45. The number of amides is 1. The van der Waals surface area contributed by atoms with Crippen LogP contribution in [0.3, 0.4) is 0 Å². The van der Waals surface area contributed by atoms with Gasteiger partial charge in [0.05, 0.1) is 32.9 Å². The average Bonchev–Trinajstić information content (AvgIpc) is 3.59. The summed E-state index contributed by atoms with van der Waals surface area (Å²) in [6, 6.07) is 15.3. The molecular weight excluding hydrogens is 424 g/mol. The monoisotopic (exact) mass is 446 g/mol. The number of aromatic nitrogens is 3. The van der Waals surface area contributed by atoms with Crippen LogP contribution in [-0.2, 0) is 9.53 Å². The van der Waals surface area contributed by atoms with Crippen LogP contribution in [-0.4, -0.2) is 51.2 Å². The minimum absolute atomic E-state index is 0.156. The Labute approximate surface area is 189 Å². The number of nitrogens with zero attached hydrogens (tertiary/aromatic N) is 4. The number of hydrogen-bond donors (Lipinski definition) is 0. The van der Waals surface area contributed by atoms with Crippen molar-refractivity contribution < 1.29 is 14.3 Å². The highest BCUT2D eigenvalue weighted by atomic mass is 32.1. The minimum Gasteiger partial charge on any atom is -0.452 e. The van der Waals surface area contributed by atoms with Crippen LogP contribution in [0.1, 0.15) is 28.9 Å². The highest BCUT2D eigenvalue weighted by molar-refractivity contribution is 7.13. The van der Waals surface area contributed by atoms with E-state index in [0.717, 1.165) is 36.5 Å². The Bertz CT molecular complexity index is 1280. The van der Waals surface area contributed by atoms with Crippen molar-refractivity contribution in [1.82, 2.24) is 19.7 Å². The van der Waals surface area contributed by atoms with Gasteiger partial charge in [-0.25, -0.2) is 14.5 Å². The van der Waals surface area contributed by atoms with Gasteiger partial charge < -0.3 is 9.64 Å². The molecule has 0 spiro atoms. The third-order valence-corrected chi connectivity index (χ3v) is 6.48. The van der Waals surface area contributed by atoms with Crippen LogP contribution < -0.4 is 0 Å². The van der Waals surface area contributed by atoms with E-state index in [1.807, 2.05) is 54.8 Å². The van der Waals surface area contributed by atoms with E-state index in [4.69, 9.17) is 9.72 Å². The third-order valence-electron chi connectivity index (χ3n) is 5.59. The summed E-state index contributed by atoms with van der Waals surface area (Å²) >= 11 is 1.54. The number of pyridine rings is 1.